The molecule has 6 nitrogen and oxygen atoms in total. The number of benzene rings is 1. The van der Waals surface area contributed by atoms with Gasteiger partial charge in [0.2, 0.25) is 0 Å². The Morgan fingerprint density at radius 2 is 2.13 bits per heavy atom. The number of methoxy groups -OCH3 is 2. The SMILES string of the molecule is CN=C(NCC1CCCN(Cc2cccs2)C1)N(C)Cc1ccc(OC)cc1OC.I. The Kier molecular flexibility index (Phi) is 10.9. The molecule has 1 unspecified atom stereocenters. The van der Waals surface area contributed by atoms with Gasteiger partial charge in [-0.15, -0.1) is 35.3 Å². The van der Waals surface area contributed by atoms with Crippen molar-refractivity contribution in [3.05, 3.63) is 46.2 Å². The number of ether oxygens (including phenoxy) is 2. The summed E-state index contributed by atoms with van der Waals surface area (Å²) in [5, 5.41) is 5.75. The van der Waals surface area contributed by atoms with Gasteiger partial charge in [0, 0.05) is 56.8 Å². The number of rotatable bonds is 8. The van der Waals surface area contributed by atoms with E-state index in [9.17, 15) is 0 Å². The van der Waals surface area contributed by atoms with Crippen LogP contribution in [0, 0.1) is 5.92 Å². The maximum absolute atomic E-state index is 5.54. The maximum Gasteiger partial charge on any atom is 0.193 e. The van der Waals surface area contributed by atoms with E-state index in [1.165, 1.54) is 24.3 Å². The molecular weight excluding hydrogens is 523 g/mol. The minimum Gasteiger partial charge on any atom is -0.497 e. The molecule has 0 radical (unpaired) electrons. The lowest BCUT2D eigenvalue weighted by atomic mass is 9.98. The Morgan fingerprint density at radius 1 is 1.29 bits per heavy atom. The van der Waals surface area contributed by atoms with Crippen LogP contribution in [0.4, 0.5) is 0 Å². The van der Waals surface area contributed by atoms with E-state index in [2.05, 4.69) is 44.7 Å². The molecule has 1 aliphatic rings. The van der Waals surface area contributed by atoms with Crippen LogP contribution in [-0.4, -0.2) is 63.7 Å². The number of hydrogen-bond donors (Lipinski definition) is 1. The third kappa shape index (κ3) is 7.54. The number of halogens is 1. The molecule has 0 saturated carbocycles. The molecule has 0 aliphatic carbocycles. The minimum atomic E-state index is 0. The van der Waals surface area contributed by atoms with Gasteiger partial charge in [-0.2, -0.15) is 0 Å². The number of nitrogens with zero attached hydrogens (tertiary/aromatic N) is 3. The molecule has 1 fully saturated rings. The Bertz CT molecular complexity index is 816. The third-order valence-electron chi connectivity index (χ3n) is 5.59. The third-order valence-corrected chi connectivity index (χ3v) is 6.45. The Labute approximate surface area is 207 Å². The number of guanidine groups is 1. The summed E-state index contributed by atoms with van der Waals surface area (Å²) < 4.78 is 10.8. The van der Waals surface area contributed by atoms with E-state index in [1.54, 1.807) is 14.2 Å². The predicted molar refractivity (Wildman–Crippen MR) is 140 cm³/mol. The fourth-order valence-corrected chi connectivity index (χ4v) is 4.76. The molecule has 1 atom stereocenters. The molecule has 3 rings (SSSR count). The Hall–Kier alpha value is -1.52. The van der Waals surface area contributed by atoms with Gasteiger partial charge in [0.25, 0.3) is 0 Å². The summed E-state index contributed by atoms with van der Waals surface area (Å²) in [6.45, 7) is 5.05. The molecule has 172 valence electrons. The van der Waals surface area contributed by atoms with Crippen LogP contribution < -0.4 is 14.8 Å². The van der Waals surface area contributed by atoms with Crippen molar-refractivity contribution in [2.75, 3.05) is 47.9 Å². The van der Waals surface area contributed by atoms with Gasteiger partial charge >= 0.3 is 0 Å². The van der Waals surface area contributed by atoms with Gasteiger partial charge in [-0.1, -0.05) is 6.07 Å². The average Bonchev–Trinajstić information content (AvgIpc) is 3.27. The van der Waals surface area contributed by atoms with Crippen molar-refractivity contribution in [3.63, 3.8) is 0 Å². The molecule has 31 heavy (non-hydrogen) atoms. The number of thiophene rings is 1. The average molecular weight is 559 g/mol. The van der Waals surface area contributed by atoms with Crippen LogP contribution in [0.2, 0.25) is 0 Å². The van der Waals surface area contributed by atoms with Crippen molar-refractivity contribution >= 4 is 41.3 Å². The first kappa shape index (κ1) is 25.7. The quantitative estimate of drug-likeness (QED) is 0.298. The van der Waals surface area contributed by atoms with Gasteiger partial charge in [-0.05, 0) is 48.9 Å². The minimum absolute atomic E-state index is 0. The van der Waals surface area contributed by atoms with E-state index in [-0.39, 0.29) is 24.0 Å². The maximum atomic E-state index is 5.54. The van der Waals surface area contributed by atoms with Crippen LogP contribution in [0.15, 0.2) is 40.7 Å². The highest BCUT2D eigenvalue weighted by atomic mass is 127. The summed E-state index contributed by atoms with van der Waals surface area (Å²) in [6, 6.07) is 10.3. The molecule has 1 saturated heterocycles. The van der Waals surface area contributed by atoms with E-state index in [0.29, 0.717) is 12.5 Å². The lowest BCUT2D eigenvalue weighted by molar-refractivity contribution is 0.169. The molecule has 0 bridgehead atoms. The first-order chi connectivity index (χ1) is 14.6. The predicted octanol–water partition coefficient (Wildman–Crippen LogP) is 4.30. The van der Waals surface area contributed by atoms with E-state index in [0.717, 1.165) is 42.7 Å². The molecule has 1 N–H and O–H groups in total. The van der Waals surface area contributed by atoms with Crippen molar-refractivity contribution in [2.24, 2.45) is 10.9 Å². The first-order valence-electron chi connectivity index (χ1n) is 10.5. The van der Waals surface area contributed by atoms with Crippen molar-refractivity contribution in [1.82, 2.24) is 15.1 Å². The van der Waals surface area contributed by atoms with Gasteiger partial charge in [0.05, 0.1) is 14.2 Å². The zero-order chi connectivity index (χ0) is 21.3. The Balaban J connectivity index is 0.00000341. The fraction of sp³-hybridized carbons (Fsp3) is 0.522. The van der Waals surface area contributed by atoms with Gasteiger partial charge in [0.15, 0.2) is 5.96 Å². The second-order valence-corrected chi connectivity index (χ2v) is 8.82. The Morgan fingerprint density at radius 3 is 2.81 bits per heavy atom. The highest BCUT2D eigenvalue weighted by Crippen LogP contribution is 2.25. The second-order valence-electron chi connectivity index (χ2n) is 7.78. The largest absolute Gasteiger partial charge is 0.497 e. The molecule has 0 spiro atoms. The molecule has 0 amide bonds. The van der Waals surface area contributed by atoms with Crippen molar-refractivity contribution in [3.8, 4) is 11.5 Å². The molecule has 2 heterocycles. The van der Waals surface area contributed by atoms with Gasteiger partial charge in [-0.25, -0.2) is 0 Å². The lowest BCUT2D eigenvalue weighted by Crippen LogP contribution is -2.44. The zero-order valence-corrected chi connectivity index (χ0v) is 22.1. The van der Waals surface area contributed by atoms with Crippen molar-refractivity contribution in [2.45, 2.75) is 25.9 Å². The second kappa shape index (κ2) is 13.1. The number of likely N-dealkylation sites (tertiary alicyclic amines) is 1. The van der Waals surface area contributed by atoms with Crippen LogP contribution >= 0.6 is 35.3 Å². The number of nitrogens with one attached hydrogen (secondary N) is 1. The van der Waals surface area contributed by atoms with Crippen molar-refractivity contribution < 1.29 is 9.47 Å². The number of hydrogen-bond acceptors (Lipinski definition) is 5. The van der Waals surface area contributed by atoms with Crippen LogP contribution in [0.5, 0.6) is 11.5 Å². The van der Waals surface area contributed by atoms with Crippen LogP contribution in [0.1, 0.15) is 23.3 Å². The van der Waals surface area contributed by atoms with Crippen LogP contribution in [-0.2, 0) is 13.1 Å². The summed E-state index contributed by atoms with van der Waals surface area (Å²) in [7, 11) is 7.26. The number of aliphatic imine (C=N–C) groups is 1. The summed E-state index contributed by atoms with van der Waals surface area (Å²) in [6.07, 6.45) is 2.52. The highest BCUT2D eigenvalue weighted by Gasteiger charge is 2.21. The van der Waals surface area contributed by atoms with Crippen LogP contribution in [0.3, 0.4) is 0 Å². The summed E-state index contributed by atoms with van der Waals surface area (Å²) >= 11 is 1.85. The normalized spacial score (nSPS) is 17.0. The molecule has 1 aromatic carbocycles. The topological polar surface area (TPSA) is 49.3 Å². The molecule has 1 aromatic heterocycles. The van der Waals surface area contributed by atoms with E-state index in [4.69, 9.17) is 9.47 Å². The molecular formula is C23H35IN4O2S. The van der Waals surface area contributed by atoms with Gasteiger partial charge in [0.1, 0.15) is 11.5 Å². The molecule has 2 aromatic rings. The zero-order valence-electron chi connectivity index (χ0n) is 19.0. The fourth-order valence-electron chi connectivity index (χ4n) is 4.02. The standard InChI is InChI=1S/C23H34N4O2S.HI/c1-24-23(26(2)16-19-9-10-20(28-3)13-22(19)29-4)25-14-18-7-5-11-27(15-18)17-21-8-6-12-30-21;/h6,8-10,12-13,18H,5,7,11,14-17H2,1-4H3,(H,24,25);1H. The molecule has 8 heteroatoms. The smallest absolute Gasteiger partial charge is 0.193 e. The summed E-state index contributed by atoms with van der Waals surface area (Å²) in [5.41, 5.74) is 1.10. The first-order valence-corrected chi connectivity index (χ1v) is 11.4. The summed E-state index contributed by atoms with van der Waals surface area (Å²) in [4.78, 5) is 10.7. The number of piperidine rings is 1. The summed E-state index contributed by atoms with van der Waals surface area (Å²) in [5.74, 6) is 3.17. The van der Waals surface area contributed by atoms with E-state index < -0.39 is 0 Å². The monoisotopic (exact) mass is 558 g/mol. The van der Waals surface area contributed by atoms with E-state index in [1.807, 2.05) is 36.6 Å². The van der Waals surface area contributed by atoms with Gasteiger partial charge < -0.3 is 19.7 Å². The van der Waals surface area contributed by atoms with Crippen LogP contribution in [0.25, 0.3) is 0 Å². The van der Waals surface area contributed by atoms with Gasteiger partial charge in [-0.3, -0.25) is 9.89 Å². The van der Waals surface area contributed by atoms with Crippen molar-refractivity contribution in [1.29, 1.82) is 0 Å². The highest BCUT2D eigenvalue weighted by molar-refractivity contribution is 14.0. The lowest BCUT2D eigenvalue weighted by Gasteiger charge is -2.33. The van der Waals surface area contributed by atoms with E-state index >= 15 is 0 Å². The molecule has 1 aliphatic heterocycles.